The minimum Gasteiger partial charge on any atom is -0.392 e. The average Bonchev–Trinajstić information content (AvgIpc) is 3.03. The topological polar surface area (TPSA) is 50.1 Å². The maximum Gasteiger partial charge on any atom is 0.0948 e. The summed E-state index contributed by atoms with van der Waals surface area (Å²) in [5, 5.41) is 13.0. The van der Waals surface area contributed by atoms with Gasteiger partial charge in [0.1, 0.15) is 0 Å². The van der Waals surface area contributed by atoms with Gasteiger partial charge in [0.2, 0.25) is 0 Å². The van der Waals surface area contributed by atoms with Crippen molar-refractivity contribution in [3.63, 3.8) is 0 Å². The number of aliphatic hydroxyl groups is 1. The highest BCUT2D eigenvalue weighted by Gasteiger charge is 2.29. The summed E-state index contributed by atoms with van der Waals surface area (Å²) in [6, 6.07) is 0. The van der Waals surface area contributed by atoms with Gasteiger partial charge in [-0.1, -0.05) is 6.92 Å². The number of aryl methyl sites for hydroxylation is 1. The van der Waals surface area contributed by atoms with Crippen molar-refractivity contribution < 1.29 is 5.11 Å². The Hall–Kier alpha value is -0.870. The molecule has 16 heavy (non-hydrogen) atoms. The molecule has 0 amide bonds. The highest BCUT2D eigenvalue weighted by atomic mass is 16.3. The van der Waals surface area contributed by atoms with E-state index in [0.29, 0.717) is 12.5 Å². The van der Waals surface area contributed by atoms with E-state index in [9.17, 15) is 5.11 Å². The summed E-state index contributed by atoms with van der Waals surface area (Å²) < 4.78 is 2.16. The number of imidazole rings is 1. The van der Waals surface area contributed by atoms with Crippen LogP contribution in [0, 0.1) is 5.92 Å². The Morgan fingerprint density at radius 3 is 3.12 bits per heavy atom. The van der Waals surface area contributed by atoms with E-state index >= 15 is 0 Å². The Labute approximate surface area is 96.7 Å². The summed E-state index contributed by atoms with van der Waals surface area (Å²) in [4.78, 5) is 4.15. The number of rotatable bonds is 7. The number of hydrogen-bond acceptors (Lipinski definition) is 3. The molecule has 1 heterocycles. The fourth-order valence-electron chi connectivity index (χ4n) is 1.93. The molecule has 1 fully saturated rings. The van der Waals surface area contributed by atoms with Gasteiger partial charge in [-0.3, -0.25) is 0 Å². The van der Waals surface area contributed by atoms with Gasteiger partial charge in [-0.05, 0) is 25.2 Å². The summed E-state index contributed by atoms with van der Waals surface area (Å²) in [6.07, 6.45) is 7.10. The van der Waals surface area contributed by atoms with Crippen LogP contribution in [0.1, 0.15) is 31.9 Å². The molecule has 0 radical (unpaired) electrons. The maximum atomic E-state index is 9.71. The highest BCUT2D eigenvalue weighted by Crippen LogP contribution is 2.32. The van der Waals surface area contributed by atoms with Gasteiger partial charge < -0.3 is 15.0 Å². The lowest BCUT2D eigenvalue weighted by molar-refractivity contribution is 0.148. The standard InChI is InChI=1S/C12H21N3O/c1-2-5-15-9-14-7-11(15)6-13-8-12(16)10-3-4-10/h7,9-10,12-13,16H,2-6,8H2,1H3. The van der Waals surface area contributed by atoms with Gasteiger partial charge in [0, 0.05) is 25.8 Å². The van der Waals surface area contributed by atoms with Crippen LogP contribution in [0.3, 0.4) is 0 Å². The van der Waals surface area contributed by atoms with Crippen molar-refractivity contribution in [1.29, 1.82) is 0 Å². The van der Waals surface area contributed by atoms with Crippen LogP contribution in [0.15, 0.2) is 12.5 Å². The van der Waals surface area contributed by atoms with Crippen LogP contribution >= 0.6 is 0 Å². The Morgan fingerprint density at radius 1 is 1.62 bits per heavy atom. The summed E-state index contributed by atoms with van der Waals surface area (Å²) >= 11 is 0. The zero-order chi connectivity index (χ0) is 11.4. The SMILES string of the molecule is CCCn1cncc1CNCC(O)C1CC1. The molecule has 1 aliphatic rings. The van der Waals surface area contributed by atoms with Gasteiger partial charge in [0.15, 0.2) is 0 Å². The van der Waals surface area contributed by atoms with Crippen molar-refractivity contribution in [2.24, 2.45) is 5.92 Å². The minimum absolute atomic E-state index is 0.164. The smallest absolute Gasteiger partial charge is 0.0948 e. The summed E-state index contributed by atoms with van der Waals surface area (Å²) in [6.45, 7) is 4.67. The summed E-state index contributed by atoms with van der Waals surface area (Å²) in [5.41, 5.74) is 1.20. The van der Waals surface area contributed by atoms with Gasteiger partial charge >= 0.3 is 0 Å². The van der Waals surface area contributed by atoms with Crippen molar-refractivity contribution in [2.75, 3.05) is 6.54 Å². The molecule has 1 aliphatic carbocycles. The zero-order valence-corrected chi connectivity index (χ0v) is 9.89. The van der Waals surface area contributed by atoms with E-state index in [2.05, 4.69) is 21.8 Å². The summed E-state index contributed by atoms with van der Waals surface area (Å²) in [5.74, 6) is 0.549. The first-order valence-electron chi connectivity index (χ1n) is 6.19. The third-order valence-electron chi connectivity index (χ3n) is 3.09. The van der Waals surface area contributed by atoms with Crippen LogP contribution in [-0.4, -0.2) is 27.3 Å². The van der Waals surface area contributed by atoms with Gasteiger partial charge in [-0.25, -0.2) is 4.98 Å². The molecule has 1 aromatic heterocycles. The maximum absolute atomic E-state index is 9.71. The highest BCUT2D eigenvalue weighted by molar-refractivity contribution is 4.98. The van der Waals surface area contributed by atoms with Crippen LogP contribution in [-0.2, 0) is 13.1 Å². The van der Waals surface area contributed by atoms with E-state index in [1.165, 1.54) is 18.5 Å². The molecule has 2 rings (SSSR count). The van der Waals surface area contributed by atoms with E-state index in [-0.39, 0.29) is 6.10 Å². The lowest BCUT2D eigenvalue weighted by Gasteiger charge is -2.11. The molecule has 1 atom stereocenters. The number of aliphatic hydroxyl groups excluding tert-OH is 1. The molecule has 0 aromatic carbocycles. The first-order valence-corrected chi connectivity index (χ1v) is 6.19. The van der Waals surface area contributed by atoms with Crippen molar-refractivity contribution in [3.8, 4) is 0 Å². The summed E-state index contributed by atoms with van der Waals surface area (Å²) in [7, 11) is 0. The predicted molar refractivity (Wildman–Crippen MR) is 63.0 cm³/mol. The van der Waals surface area contributed by atoms with Crippen molar-refractivity contribution in [1.82, 2.24) is 14.9 Å². The van der Waals surface area contributed by atoms with Gasteiger partial charge in [0.05, 0.1) is 18.1 Å². The lowest BCUT2D eigenvalue weighted by Crippen LogP contribution is -2.28. The fraction of sp³-hybridized carbons (Fsp3) is 0.750. The third-order valence-corrected chi connectivity index (χ3v) is 3.09. The van der Waals surface area contributed by atoms with Crippen molar-refractivity contribution >= 4 is 0 Å². The first kappa shape index (κ1) is 11.6. The quantitative estimate of drug-likeness (QED) is 0.729. The molecular weight excluding hydrogens is 202 g/mol. The Morgan fingerprint density at radius 2 is 2.44 bits per heavy atom. The molecule has 4 heteroatoms. The van der Waals surface area contributed by atoms with Crippen LogP contribution in [0.2, 0.25) is 0 Å². The van der Waals surface area contributed by atoms with Crippen LogP contribution in [0.4, 0.5) is 0 Å². The average molecular weight is 223 g/mol. The molecule has 0 saturated heterocycles. The van der Waals surface area contributed by atoms with Crippen molar-refractivity contribution in [3.05, 3.63) is 18.2 Å². The second-order valence-electron chi connectivity index (χ2n) is 4.61. The number of hydrogen-bond donors (Lipinski definition) is 2. The number of nitrogens with one attached hydrogen (secondary N) is 1. The van der Waals surface area contributed by atoms with E-state index in [0.717, 1.165) is 19.5 Å². The molecule has 90 valence electrons. The zero-order valence-electron chi connectivity index (χ0n) is 9.89. The first-order chi connectivity index (χ1) is 7.81. The van der Waals surface area contributed by atoms with Crippen molar-refractivity contribution in [2.45, 2.75) is 45.4 Å². The molecule has 1 unspecified atom stereocenters. The van der Waals surface area contributed by atoms with Gasteiger partial charge in [-0.15, -0.1) is 0 Å². The van der Waals surface area contributed by atoms with E-state index in [1.807, 2.05) is 12.5 Å². The van der Waals surface area contributed by atoms with E-state index in [4.69, 9.17) is 0 Å². The molecule has 0 spiro atoms. The van der Waals surface area contributed by atoms with E-state index < -0.39 is 0 Å². The largest absolute Gasteiger partial charge is 0.392 e. The van der Waals surface area contributed by atoms with Gasteiger partial charge in [0.25, 0.3) is 0 Å². The molecule has 4 nitrogen and oxygen atoms in total. The number of nitrogens with zero attached hydrogens (tertiary/aromatic N) is 2. The Kier molecular flexibility index (Phi) is 3.96. The monoisotopic (exact) mass is 223 g/mol. The second kappa shape index (κ2) is 5.46. The van der Waals surface area contributed by atoms with Crippen LogP contribution in [0.5, 0.6) is 0 Å². The second-order valence-corrected chi connectivity index (χ2v) is 4.61. The van der Waals surface area contributed by atoms with E-state index in [1.54, 1.807) is 0 Å². The Balaban J connectivity index is 1.73. The normalized spacial score (nSPS) is 17.6. The van der Waals surface area contributed by atoms with Gasteiger partial charge in [-0.2, -0.15) is 0 Å². The third kappa shape index (κ3) is 3.06. The van der Waals surface area contributed by atoms with Crippen LogP contribution < -0.4 is 5.32 Å². The molecular formula is C12H21N3O. The number of aromatic nitrogens is 2. The predicted octanol–water partition coefficient (Wildman–Crippen LogP) is 1.15. The van der Waals surface area contributed by atoms with Crippen LogP contribution in [0.25, 0.3) is 0 Å². The lowest BCUT2D eigenvalue weighted by atomic mass is 10.2. The molecule has 2 N–H and O–H groups in total. The molecule has 0 aliphatic heterocycles. The Bertz CT molecular complexity index is 320. The molecule has 0 bridgehead atoms. The molecule has 1 aromatic rings. The molecule has 1 saturated carbocycles. The minimum atomic E-state index is -0.164. The fourth-order valence-corrected chi connectivity index (χ4v) is 1.93.